The minimum atomic E-state index is -2.43. The number of benzene rings is 2. The lowest BCUT2D eigenvalue weighted by Crippen LogP contribution is -2.60. The van der Waals surface area contributed by atoms with Gasteiger partial charge in [0.05, 0.1) is 48.6 Å². The number of methoxy groups -OCH3 is 1. The molecule has 3 aliphatic carbocycles. The Bertz CT molecular complexity index is 2730. The molecule has 7 rings (SSSR count). The number of Topliss-reactive ketones (excluding diaryl/α,β-unsaturated/α-hetero) is 1. The Balaban J connectivity index is 1.05. The maximum atomic E-state index is 14.3. The van der Waals surface area contributed by atoms with Gasteiger partial charge in [-0.1, -0.05) is 71.9 Å². The Labute approximate surface area is 464 Å². The van der Waals surface area contributed by atoms with Crippen LogP contribution >= 0.6 is 0 Å². The normalized spacial score (nSPS) is 24.9. The number of amides is 6. The van der Waals surface area contributed by atoms with Crippen LogP contribution in [0.25, 0.3) is 0 Å². The fourth-order valence-electron chi connectivity index (χ4n) is 12.0. The lowest BCUT2D eigenvalue weighted by molar-refractivity contribution is -0.249. The molecule has 0 unspecified atom stereocenters. The number of aliphatic hydroxyl groups is 3. The van der Waals surface area contributed by atoms with Gasteiger partial charge in [0.15, 0.2) is 17.9 Å². The summed E-state index contributed by atoms with van der Waals surface area (Å²) in [5.41, 5.74) is -4.45. The number of carbonyl (C=O) groups excluding carboxylic acids is 9. The second-order valence-corrected chi connectivity index (χ2v) is 22.9. The lowest BCUT2D eigenvalue weighted by atomic mass is 9.72. The highest BCUT2D eigenvalue weighted by atomic mass is 16.7. The molecule has 0 bridgehead atoms. The van der Waals surface area contributed by atoms with E-state index in [1.54, 1.807) is 0 Å². The molecule has 10 atom stereocenters. The molecule has 0 radical (unpaired) electrons. The number of carbonyl (C=O) groups is 9. The van der Waals surface area contributed by atoms with Crippen LogP contribution in [-0.4, -0.2) is 164 Å². The zero-order valence-electron chi connectivity index (χ0n) is 46.6. The summed E-state index contributed by atoms with van der Waals surface area (Å²) in [5, 5.41) is 70.7. The van der Waals surface area contributed by atoms with E-state index < -0.39 is 156 Å². The van der Waals surface area contributed by atoms with Gasteiger partial charge in [-0.25, -0.2) is 0 Å². The molecule has 2 aliphatic heterocycles. The van der Waals surface area contributed by atoms with Crippen molar-refractivity contribution < 1.29 is 82.9 Å². The summed E-state index contributed by atoms with van der Waals surface area (Å²) in [6.45, 7) is 8.96. The first kappa shape index (κ1) is 61.1. The Morgan fingerprint density at radius 3 is 2.12 bits per heavy atom. The van der Waals surface area contributed by atoms with Crippen molar-refractivity contribution in [2.24, 2.45) is 17.8 Å². The third-order valence-electron chi connectivity index (χ3n) is 16.1. The van der Waals surface area contributed by atoms with Crippen molar-refractivity contribution in [1.29, 1.82) is 0 Å². The van der Waals surface area contributed by atoms with Gasteiger partial charge in [0.1, 0.15) is 59.7 Å². The van der Waals surface area contributed by atoms with Crippen LogP contribution in [0.4, 0.5) is 0 Å². The van der Waals surface area contributed by atoms with E-state index in [4.69, 9.17) is 14.2 Å². The Kier molecular flexibility index (Phi) is 19.8. The minimum absolute atomic E-state index is 0.0213. The first-order valence-electron chi connectivity index (χ1n) is 27.9. The minimum Gasteiger partial charge on any atom is -0.507 e. The molecule has 23 nitrogen and oxygen atoms in total. The molecule has 1 saturated carbocycles. The van der Waals surface area contributed by atoms with Gasteiger partial charge < -0.3 is 71.2 Å². The molecule has 0 aromatic heterocycles. The van der Waals surface area contributed by atoms with Crippen LogP contribution in [0.1, 0.15) is 168 Å². The summed E-state index contributed by atoms with van der Waals surface area (Å²) < 4.78 is 17.7. The molecule has 10 N–H and O–H groups in total. The maximum Gasteiger partial charge on any atom is 0.243 e. The van der Waals surface area contributed by atoms with Crippen LogP contribution in [0.5, 0.6) is 17.2 Å². The predicted octanol–water partition coefficient (Wildman–Crippen LogP) is 1.80. The average molecular weight is 1120 g/mol. The smallest absolute Gasteiger partial charge is 0.243 e. The number of nitrogens with zero attached hydrogens (tertiary/aromatic N) is 1. The molecule has 2 saturated heterocycles. The Hall–Kier alpha value is -6.53. The number of nitrogens with one attached hydrogen (secondary N) is 5. The highest BCUT2D eigenvalue weighted by Gasteiger charge is 2.51. The maximum absolute atomic E-state index is 14.3. The topological polar surface area (TPSA) is 346 Å². The molecular weight excluding hydrogens is 1040 g/mol. The molecule has 0 spiro atoms. The SMILES string of the molecule is COc1cccc2c1C(=O)c1c(O)c3c(c(O)c1C2=O)C[C@@](O)(C(=O)CO)C[C@@H]3O[C@H]1C[C@H](NC(=O)[C@H](CC(C)C)NC(=O)[C@H](CC(C)C)NC(=O)CNC(=O)[C@H](CC2CCCCC2)NC(=O)[C@@H]2CCCN2C(C)=O)[C@H](O)[C@H](C)O1. The fraction of sp³-hybridized carbons (Fsp3) is 0.632. The van der Waals surface area contributed by atoms with E-state index in [1.807, 2.05) is 27.7 Å². The summed E-state index contributed by atoms with van der Waals surface area (Å²) in [6, 6.07) is -0.969. The summed E-state index contributed by atoms with van der Waals surface area (Å²) >= 11 is 0. The van der Waals surface area contributed by atoms with E-state index in [1.165, 1.54) is 44.1 Å². The van der Waals surface area contributed by atoms with Crippen LogP contribution in [0.3, 0.4) is 0 Å². The summed E-state index contributed by atoms with van der Waals surface area (Å²) in [7, 11) is 1.29. The first-order valence-corrected chi connectivity index (χ1v) is 27.9. The number of phenols is 2. The third kappa shape index (κ3) is 13.4. The highest BCUT2D eigenvalue weighted by molar-refractivity contribution is 6.31. The van der Waals surface area contributed by atoms with Crippen molar-refractivity contribution in [3.63, 3.8) is 0 Å². The van der Waals surface area contributed by atoms with E-state index in [9.17, 15) is 68.7 Å². The van der Waals surface area contributed by atoms with Gasteiger partial charge in [0, 0.05) is 49.4 Å². The number of likely N-dealkylation sites (tertiary alicyclic amines) is 1. The number of fused-ring (bicyclic) bond motifs is 3. The van der Waals surface area contributed by atoms with Gasteiger partial charge in [-0.05, 0) is 62.8 Å². The van der Waals surface area contributed by atoms with Gasteiger partial charge in [-0.15, -0.1) is 0 Å². The van der Waals surface area contributed by atoms with Crippen LogP contribution in [-0.2, 0) is 49.5 Å². The van der Waals surface area contributed by atoms with Gasteiger partial charge in [-0.3, -0.25) is 43.2 Å². The van der Waals surface area contributed by atoms with Gasteiger partial charge >= 0.3 is 0 Å². The van der Waals surface area contributed by atoms with E-state index >= 15 is 0 Å². The number of ether oxygens (including phenoxy) is 3. The zero-order valence-corrected chi connectivity index (χ0v) is 46.6. The predicted molar refractivity (Wildman–Crippen MR) is 285 cm³/mol. The fourth-order valence-corrected chi connectivity index (χ4v) is 12.0. The van der Waals surface area contributed by atoms with Crippen molar-refractivity contribution in [1.82, 2.24) is 31.5 Å². The van der Waals surface area contributed by atoms with Crippen molar-refractivity contribution >= 4 is 52.8 Å². The van der Waals surface area contributed by atoms with Crippen molar-refractivity contribution in [3.05, 3.63) is 51.6 Å². The van der Waals surface area contributed by atoms with E-state index in [-0.39, 0.29) is 70.9 Å². The molecule has 2 aromatic rings. The number of aromatic hydroxyl groups is 2. The summed E-state index contributed by atoms with van der Waals surface area (Å²) in [6.07, 6.45) is -0.530. The van der Waals surface area contributed by atoms with Crippen molar-refractivity contribution in [2.75, 3.05) is 26.8 Å². The van der Waals surface area contributed by atoms with Gasteiger partial charge in [-0.2, -0.15) is 0 Å². The number of ketones is 3. The van der Waals surface area contributed by atoms with Crippen LogP contribution in [0.15, 0.2) is 18.2 Å². The number of hydrogen-bond acceptors (Lipinski definition) is 17. The molecule has 5 aliphatic rings. The molecule has 80 heavy (non-hydrogen) atoms. The number of aliphatic hydroxyl groups excluding tert-OH is 2. The van der Waals surface area contributed by atoms with E-state index in [0.29, 0.717) is 25.8 Å². The van der Waals surface area contributed by atoms with Crippen LogP contribution < -0.4 is 31.3 Å². The first-order chi connectivity index (χ1) is 37.9. The van der Waals surface area contributed by atoms with Gasteiger partial charge in [0.2, 0.25) is 41.2 Å². The number of hydrogen-bond donors (Lipinski definition) is 10. The highest BCUT2D eigenvalue weighted by Crippen LogP contribution is 2.52. The molecule has 6 amide bonds. The Morgan fingerprint density at radius 2 is 1.49 bits per heavy atom. The summed E-state index contributed by atoms with van der Waals surface area (Å²) in [4.78, 5) is 124. The van der Waals surface area contributed by atoms with Crippen molar-refractivity contribution in [3.8, 4) is 17.2 Å². The second kappa shape index (κ2) is 25.9. The largest absolute Gasteiger partial charge is 0.507 e. The van der Waals surface area contributed by atoms with Crippen LogP contribution in [0, 0.1) is 17.8 Å². The van der Waals surface area contributed by atoms with E-state index in [2.05, 4.69) is 26.6 Å². The quantitative estimate of drug-likeness (QED) is 0.0680. The number of rotatable bonds is 21. The van der Waals surface area contributed by atoms with Crippen molar-refractivity contribution in [2.45, 2.75) is 185 Å². The zero-order chi connectivity index (χ0) is 58.5. The van der Waals surface area contributed by atoms with Crippen LogP contribution in [0.2, 0.25) is 0 Å². The second-order valence-electron chi connectivity index (χ2n) is 22.9. The molecule has 3 fully saturated rings. The van der Waals surface area contributed by atoms with Gasteiger partial charge in [0.25, 0.3) is 0 Å². The molecular formula is C57H78N6O17. The molecule has 23 heteroatoms. The summed E-state index contributed by atoms with van der Waals surface area (Å²) in [5.74, 6) is -7.90. The average Bonchev–Trinajstić information content (AvgIpc) is 3.92. The third-order valence-corrected chi connectivity index (χ3v) is 16.1. The molecule has 2 aromatic carbocycles. The lowest BCUT2D eigenvalue weighted by Gasteiger charge is -2.43. The monoisotopic (exact) mass is 1120 g/mol. The Morgan fingerprint density at radius 1 is 0.825 bits per heavy atom. The van der Waals surface area contributed by atoms with E-state index in [0.717, 1.165) is 32.1 Å². The standard InChI is InChI=1S/C57H78N6O17/c1-27(2)19-35(59-42(67)25-58-53(73)37(21-31-13-9-8-10-14-31)62-56(76)38-16-12-18-63(38)30(6)65)54(74)61-36(20-28(3)4)55(75)60-34-22-43(79-29(5)48(34)68)80-40-24-57(77,41(66)26-64)23-33-45(40)52(72)47-46(50(33)70)49(69)32-15-11-17-39(78-7)44(32)51(47)71/h11,15,17,27-29,31,34-38,40,43,48,64,68,70,72,77H,8-10,12-14,16,18-26H2,1-7H3,(H,58,73)(H,59,67)(H,60,75)(H,61,74)(H,62,76)/t29-,34-,35-,36-,37-,38-,40-,43-,48+,57-/m0/s1. The molecule has 2 heterocycles. The molecule has 438 valence electrons. The number of phenolic OH excluding ortho intramolecular Hbond substituents is 2.